The van der Waals surface area contributed by atoms with E-state index >= 15 is 0 Å². The van der Waals surface area contributed by atoms with E-state index in [2.05, 4.69) is 19.9 Å². The molecule has 0 bridgehead atoms. The van der Waals surface area contributed by atoms with Gasteiger partial charge in [-0.25, -0.2) is 9.97 Å². The molecule has 6 heteroatoms. The molecule has 2 aromatic heterocycles. The summed E-state index contributed by atoms with van der Waals surface area (Å²) in [5.41, 5.74) is 3.32. The maximum atomic E-state index is 13.4. The fourth-order valence-electron chi connectivity index (χ4n) is 3.39. The number of benzene rings is 3. The summed E-state index contributed by atoms with van der Waals surface area (Å²) in [6, 6.07) is 23.5. The smallest absolute Gasteiger partial charge is 0.275 e. The molecule has 5 aromatic rings. The van der Waals surface area contributed by atoms with Gasteiger partial charge in [-0.3, -0.25) is 14.6 Å². The molecule has 0 radical (unpaired) electrons. The van der Waals surface area contributed by atoms with Gasteiger partial charge in [-0.15, -0.1) is 0 Å². The Balaban J connectivity index is 1.73. The number of hydrogen-bond donors (Lipinski definition) is 1. The van der Waals surface area contributed by atoms with Crippen LogP contribution in [0.3, 0.4) is 0 Å². The van der Waals surface area contributed by atoms with Crippen molar-refractivity contribution in [3.8, 4) is 0 Å². The number of ketones is 1. The molecule has 0 unspecified atom stereocenters. The topological polar surface area (TPSA) is 88.6 Å². The summed E-state index contributed by atoms with van der Waals surface area (Å²) in [6.07, 6.45) is 3.15. The predicted octanol–water partition coefficient (Wildman–Crippen LogP) is 4.29. The number of para-hydroxylation sites is 4. The number of aromatic nitrogens is 4. The molecule has 0 atom stereocenters. The third kappa shape index (κ3) is 3.62. The minimum absolute atomic E-state index is 0.0440. The number of carbonyl (C=O) groups is 1. The van der Waals surface area contributed by atoms with E-state index in [4.69, 9.17) is 0 Å². The fraction of sp³-hybridized carbons (Fsp3) is 0. The molecule has 5 rings (SSSR count). The summed E-state index contributed by atoms with van der Waals surface area (Å²) < 4.78 is 0. The Morgan fingerprint density at radius 3 is 2.26 bits per heavy atom. The first-order valence-corrected chi connectivity index (χ1v) is 9.72. The molecule has 2 heterocycles. The van der Waals surface area contributed by atoms with E-state index in [1.165, 1.54) is 0 Å². The lowest BCUT2D eigenvalue weighted by atomic mass is 9.99. The van der Waals surface area contributed by atoms with Crippen molar-refractivity contribution >= 4 is 39.5 Å². The standard InChI is InChI=1S/C25H16N4O2/c30-24(16-8-2-1-3-9-16)18(14-17-15-26-19-10-4-5-11-20(19)27-17)23-25(31)29-22-13-7-6-12-21(22)28-23/h1-15H,(H,29,31)/b18-14+. The number of allylic oxidation sites excluding steroid dienone is 1. The zero-order valence-electron chi connectivity index (χ0n) is 16.3. The quantitative estimate of drug-likeness (QED) is 0.357. The number of nitrogens with zero attached hydrogens (tertiary/aromatic N) is 3. The minimum atomic E-state index is -0.442. The van der Waals surface area contributed by atoms with Crippen molar-refractivity contribution in [1.29, 1.82) is 0 Å². The Labute approximate surface area is 177 Å². The van der Waals surface area contributed by atoms with Crippen molar-refractivity contribution in [2.45, 2.75) is 0 Å². The van der Waals surface area contributed by atoms with Gasteiger partial charge in [-0.2, -0.15) is 0 Å². The zero-order valence-corrected chi connectivity index (χ0v) is 16.3. The Kier molecular flexibility index (Phi) is 4.65. The van der Waals surface area contributed by atoms with Gasteiger partial charge in [0.2, 0.25) is 0 Å². The molecule has 0 saturated heterocycles. The molecule has 0 spiro atoms. The minimum Gasteiger partial charge on any atom is -0.319 e. The van der Waals surface area contributed by atoms with Gasteiger partial charge in [0.15, 0.2) is 5.78 Å². The van der Waals surface area contributed by atoms with Crippen molar-refractivity contribution in [3.05, 3.63) is 112 Å². The first-order chi connectivity index (χ1) is 15.2. The number of aromatic amines is 1. The molecule has 0 fully saturated rings. The molecule has 0 amide bonds. The van der Waals surface area contributed by atoms with Gasteiger partial charge in [0, 0.05) is 5.56 Å². The van der Waals surface area contributed by atoms with Crippen LogP contribution in [-0.4, -0.2) is 25.7 Å². The summed E-state index contributed by atoms with van der Waals surface area (Å²) in [5, 5.41) is 0. The molecule has 6 nitrogen and oxygen atoms in total. The average molecular weight is 404 g/mol. The lowest BCUT2D eigenvalue weighted by molar-refractivity contribution is 0.105. The highest BCUT2D eigenvalue weighted by Crippen LogP contribution is 2.21. The van der Waals surface area contributed by atoms with Crippen LogP contribution in [0.4, 0.5) is 0 Å². The number of fused-ring (bicyclic) bond motifs is 2. The van der Waals surface area contributed by atoms with E-state index in [-0.39, 0.29) is 17.1 Å². The molecule has 31 heavy (non-hydrogen) atoms. The third-order valence-corrected chi connectivity index (χ3v) is 4.89. The number of H-pyrrole nitrogens is 1. The van der Waals surface area contributed by atoms with Crippen LogP contribution in [0.25, 0.3) is 33.7 Å². The van der Waals surface area contributed by atoms with Gasteiger partial charge >= 0.3 is 0 Å². The number of carbonyl (C=O) groups excluding carboxylic acids is 1. The Bertz CT molecular complexity index is 1520. The SMILES string of the molecule is O=C(/C(=C/c1cnc2ccccc2n1)c1nc2ccccc2[nH]c1=O)c1ccccc1. The Hall–Kier alpha value is -4.45. The number of Topliss-reactive ketones (excluding diaryl/α,β-unsaturated/α-hetero) is 1. The number of rotatable bonds is 4. The molecule has 0 saturated carbocycles. The van der Waals surface area contributed by atoms with Crippen LogP contribution in [0.2, 0.25) is 0 Å². The van der Waals surface area contributed by atoms with Gasteiger partial charge < -0.3 is 4.98 Å². The molecule has 0 aliphatic rings. The Morgan fingerprint density at radius 2 is 1.45 bits per heavy atom. The summed E-state index contributed by atoms with van der Waals surface area (Å²) in [4.78, 5) is 42.6. The highest BCUT2D eigenvalue weighted by molar-refractivity contribution is 6.32. The summed E-state index contributed by atoms with van der Waals surface area (Å²) >= 11 is 0. The van der Waals surface area contributed by atoms with Crippen molar-refractivity contribution in [2.75, 3.05) is 0 Å². The fourth-order valence-corrected chi connectivity index (χ4v) is 3.39. The van der Waals surface area contributed by atoms with Gasteiger partial charge in [0.25, 0.3) is 5.56 Å². The lowest BCUT2D eigenvalue weighted by Gasteiger charge is -2.08. The van der Waals surface area contributed by atoms with Gasteiger partial charge in [-0.05, 0) is 30.3 Å². The van der Waals surface area contributed by atoms with Crippen LogP contribution >= 0.6 is 0 Å². The normalized spacial score (nSPS) is 11.7. The van der Waals surface area contributed by atoms with E-state index < -0.39 is 5.56 Å². The summed E-state index contributed by atoms with van der Waals surface area (Å²) in [7, 11) is 0. The summed E-state index contributed by atoms with van der Waals surface area (Å²) in [6.45, 7) is 0. The highest BCUT2D eigenvalue weighted by Gasteiger charge is 2.20. The van der Waals surface area contributed by atoms with E-state index in [0.29, 0.717) is 27.8 Å². The lowest BCUT2D eigenvalue weighted by Crippen LogP contribution is -2.18. The largest absolute Gasteiger partial charge is 0.319 e. The van der Waals surface area contributed by atoms with Crippen molar-refractivity contribution in [2.24, 2.45) is 0 Å². The number of nitrogens with one attached hydrogen (secondary N) is 1. The van der Waals surface area contributed by atoms with Gasteiger partial charge in [0.1, 0.15) is 5.69 Å². The van der Waals surface area contributed by atoms with Crippen LogP contribution in [0.5, 0.6) is 0 Å². The monoisotopic (exact) mass is 404 g/mol. The first-order valence-electron chi connectivity index (χ1n) is 9.72. The average Bonchev–Trinajstić information content (AvgIpc) is 2.82. The first kappa shape index (κ1) is 18.6. The molecular weight excluding hydrogens is 388 g/mol. The van der Waals surface area contributed by atoms with E-state index in [1.54, 1.807) is 48.7 Å². The van der Waals surface area contributed by atoms with Crippen molar-refractivity contribution < 1.29 is 4.79 Å². The zero-order chi connectivity index (χ0) is 21.2. The molecule has 0 aliphatic heterocycles. The van der Waals surface area contributed by atoms with E-state index in [0.717, 1.165) is 5.52 Å². The van der Waals surface area contributed by atoms with Gasteiger partial charge in [0.05, 0.1) is 39.5 Å². The predicted molar refractivity (Wildman–Crippen MR) is 121 cm³/mol. The highest BCUT2D eigenvalue weighted by atomic mass is 16.1. The molecule has 0 aliphatic carbocycles. The second-order valence-electron chi connectivity index (χ2n) is 6.97. The molecule has 1 N–H and O–H groups in total. The van der Waals surface area contributed by atoms with Crippen LogP contribution in [0, 0.1) is 0 Å². The molecular formula is C25H16N4O2. The van der Waals surface area contributed by atoms with E-state index in [9.17, 15) is 9.59 Å². The van der Waals surface area contributed by atoms with Crippen LogP contribution in [0.15, 0.2) is 89.9 Å². The molecule has 3 aromatic carbocycles. The second kappa shape index (κ2) is 7.76. The van der Waals surface area contributed by atoms with Crippen molar-refractivity contribution in [1.82, 2.24) is 19.9 Å². The van der Waals surface area contributed by atoms with Gasteiger partial charge in [-0.1, -0.05) is 54.6 Å². The maximum Gasteiger partial charge on any atom is 0.275 e. The van der Waals surface area contributed by atoms with Crippen LogP contribution in [-0.2, 0) is 0 Å². The Morgan fingerprint density at radius 1 is 0.774 bits per heavy atom. The third-order valence-electron chi connectivity index (χ3n) is 4.89. The summed E-state index contributed by atoms with van der Waals surface area (Å²) in [5.74, 6) is -0.316. The maximum absolute atomic E-state index is 13.4. The second-order valence-corrected chi connectivity index (χ2v) is 6.97. The van der Waals surface area contributed by atoms with E-state index in [1.807, 2.05) is 42.5 Å². The van der Waals surface area contributed by atoms with Crippen molar-refractivity contribution in [3.63, 3.8) is 0 Å². The van der Waals surface area contributed by atoms with Crippen LogP contribution < -0.4 is 5.56 Å². The number of hydrogen-bond acceptors (Lipinski definition) is 5. The molecule has 148 valence electrons. The van der Waals surface area contributed by atoms with Crippen LogP contribution in [0.1, 0.15) is 21.7 Å².